The Morgan fingerprint density at radius 2 is 1.76 bits per heavy atom. The molecule has 2 aliphatic carbocycles. The van der Waals surface area contributed by atoms with Crippen molar-refractivity contribution in [1.82, 2.24) is 14.8 Å². The van der Waals surface area contributed by atoms with Gasteiger partial charge < -0.3 is 19.7 Å². The van der Waals surface area contributed by atoms with E-state index < -0.39 is 17.4 Å². The molecule has 42 heavy (non-hydrogen) atoms. The van der Waals surface area contributed by atoms with Crippen molar-refractivity contribution < 1.29 is 28.9 Å². The van der Waals surface area contributed by atoms with E-state index in [1.165, 1.54) is 31.5 Å². The number of nitrogens with zero attached hydrogens (tertiary/aromatic N) is 3. The highest BCUT2D eigenvalue weighted by Gasteiger charge is 2.47. The minimum Gasteiger partial charge on any atom is -0.487 e. The maximum atomic E-state index is 13.8. The molecule has 0 bridgehead atoms. The van der Waals surface area contributed by atoms with Crippen LogP contribution in [0.3, 0.4) is 0 Å². The second-order valence-corrected chi connectivity index (χ2v) is 11.9. The molecule has 2 fully saturated rings. The van der Waals surface area contributed by atoms with E-state index in [0.29, 0.717) is 52.2 Å². The third-order valence-electron chi connectivity index (χ3n) is 7.86. The van der Waals surface area contributed by atoms with Crippen LogP contribution in [0.2, 0.25) is 15.1 Å². The zero-order valence-corrected chi connectivity index (χ0v) is 24.5. The van der Waals surface area contributed by atoms with Gasteiger partial charge in [0.25, 0.3) is 0 Å². The molecule has 218 valence electrons. The van der Waals surface area contributed by atoms with E-state index in [-0.39, 0.29) is 28.1 Å². The molecule has 2 aliphatic rings. The van der Waals surface area contributed by atoms with Crippen LogP contribution >= 0.6 is 34.8 Å². The van der Waals surface area contributed by atoms with Crippen LogP contribution < -0.4 is 9.47 Å². The van der Waals surface area contributed by atoms with Crippen LogP contribution in [0.15, 0.2) is 48.8 Å². The number of carboxylic acid groups (broad SMARTS) is 1. The van der Waals surface area contributed by atoms with Crippen LogP contribution in [0, 0.1) is 5.82 Å². The highest BCUT2D eigenvalue weighted by molar-refractivity contribution is 6.37. The summed E-state index contributed by atoms with van der Waals surface area (Å²) in [5.74, 6) is -0.623. The van der Waals surface area contributed by atoms with Gasteiger partial charge in [0.05, 0.1) is 45.2 Å². The minimum absolute atomic E-state index is 0.0518. The van der Waals surface area contributed by atoms with Crippen LogP contribution in [0.5, 0.6) is 11.6 Å². The van der Waals surface area contributed by atoms with Gasteiger partial charge in [-0.2, -0.15) is 5.10 Å². The molecule has 2 heterocycles. The van der Waals surface area contributed by atoms with Crippen molar-refractivity contribution >= 4 is 40.8 Å². The molecule has 0 atom stereocenters. The fraction of sp³-hybridized carbons (Fsp3) is 0.300. The van der Waals surface area contributed by atoms with Crippen molar-refractivity contribution in [2.75, 3.05) is 7.11 Å². The summed E-state index contributed by atoms with van der Waals surface area (Å²) in [4.78, 5) is 15.5. The number of aliphatic hydroxyl groups is 1. The van der Waals surface area contributed by atoms with Crippen molar-refractivity contribution in [2.45, 2.75) is 49.7 Å². The summed E-state index contributed by atoms with van der Waals surface area (Å²) >= 11 is 19.3. The highest BCUT2D eigenvalue weighted by Crippen LogP contribution is 2.54. The lowest BCUT2D eigenvalue weighted by atomic mass is 9.65. The van der Waals surface area contributed by atoms with Gasteiger partial charge in [0.1, 0.15) is 23.9 Å². The van der Waals surface area contributed by atoms with Gasteiger partial charge in [0, 0.05) is 22.9 Å². The molecule has 0 spiro atoms. The van der Waals surface area contributed by atoms with Crippen molar-refractivity contribution in [3.63, 3.8) is 0 Å². The van der Waals surface area contributed by atoms with Crippen molar-refractivity contribution in [1.29, 1.82) is 0 Å². The summed E-state index contributed by atoms with van der Waals surface area (Å²) < 4.78 is 26.9. The summed E-state index contributed by atoms with van der Waals surface area (Å²) in [5, 5.41) is 25.8. The number of aromatic nitrogens is 3. The molecule has 0 aliphatic heterocycles. The second kappa shape index (κ2) is 11.0. The Labute approximate surface area is 255 Å². The predicted octanol–water partition coefficient (Wildman–Crippen LogP) is 7.30. The van der Waals surface area contributed by atoms with Crippen LogP contribution in [0.25, 0.3) is 5.69 Å². The Morgan fingerprint density at radius 3 is 2.38 bits per heavy atom. The molecule has 2 saturated carbocycles. The average Bonchev–Trinajstić information content (AvgIpc) is 3.69. The van der Waals surface area contributed by atoms with E-state index in [2.05, 4.69) is 10.1 Å². The molecule has 0 unspecified atom stereocenters. The van der Waals surface area contributed by atoms with E-state index in [0.717, 1.165) is 24.1 Å². The number of carboxylic acids is 1. The lowest BCUT2D eigenvalue weighted by Crippen LogP contribution is -2.40. The lowest BCUT2D eigenvalue weighted by Gasteiger charge is -2.44. The third-order valence-corrected chi connectivity index (χ3v) is 8.75. The smallest absolute Gasteiger partial charge is 0.337 e. The Bertz CT molecular complexity index is 1680. The van der Waals surface area contributed by atoms with Crippen LogP contribution in [0.1, 0.15) is 70.3 Å². The molecular weight excluding hydrogens is 608 g/mol. The van der Waals surface area contributed by atoms with Crippen LogP contribution in [-0.4, -0.2) is 38.1 Å². The van der Waals surface area contributed by atoms with Gasteiger partial charge in [0.15, 0.2) is 0 Å². The number of hydrogen-bond donors (Lipinski definition) is 2. The van der Waals surface area contributed by atoms with Crippen LogP contribution in [-0.2, 0) is 12.2 Å². The molecule has 4 aromatic rings. The van der Waals surface area contributed by atoms with Gasteiger partial charge in [-0.05, 0) is 67.9 Å². The Morgan fingerprint density at radius 1 is 1.05 bits per heavy atom. The zero-order chi connectivity index (χ0) is 29.8. The van der Waals surface area contributed by atoms with E-state index in [9.17, 15) is 19.4 Å². The first-order chi connectivity index (χ1) is 20.1. The van der Waals surface area contributed by atoms with Gasteiger partial charge in [-0.25, -0.2) is 18.9 Å². The van der Waals surface area contributed by atoms with Gasteiger partial charge in [-0.15, -0.1) is 0 Å². The molecule has 12 heteroatoms. The minimum atomic E-state index is -1.21. The molecule has 0 saturated heterocycles. The average molecular weight is 633 g/mol. The Balaban J connectivity index is 1.21. The first kappa shape index (κ1) is 28.7. The SMILES string of the molecule is COc1ncc(C(=O)O)cc1C1CC(O)(c2ccc(OCc3c(C4CC4)cnn3-c3c(Cl)cc(F)cc3Cl)cc2Cl)C1. The maximum absolute atomic E-state index is 13.8. The standard InChI is InChI=1S/C30H25Cl3FN3O5/c1-41-28-20(6-16(12-35-28)29(38)39)17-10-30(40,11-17)22-5-4-19(9-23(22)31)42-14-26-21(15-2-3-15)13-36-37(26)27-24(32)7-18(34)8-25(27)33/h4-9,12-13,15,17,40H,2-3,10-11,14H2,1H3,(H,38,39). The summed E-state index contributed by atoms with van der Waals surface area (Å²) in [6.45, 7) is 0.130. The van der Waals surface area contributed by atoms with Gasteiger partial charge >= 0.3 is 5.97 Å². The molecule has 6 rings (SSSR count). The summed E-state index contributed by atoms with van der Waals surface area (Å²) in [6, 6.07) is 9.01. The largest absolute Gasteiger partial charge is 0.487 e. The van der Waals surface area contributed by atoms with E-state index in [1.54, 1.807) is 29.1 Å². The first-order valence-corrected chi connectivity index (χ1v) is 14.4. The molecule has 2 aromatic carbocycles. The Kier molecular flexibility index (Phi) is 7.55. The van der Waals surface area contributed by atoms with Gasteiger partial charge in [0.2, 0.25) is 5.88 Å². The Hall–Kier alpha value is -3.37. The molecule has 2 N–H and O–H groups in total. The fourth-order valence-electron chi connectivity index (χ4n) is 5.56. The number of hydrogen-bond acceptors (Lipinski definition) is 6. The van der Waals surface area contributed by atoms with E-state index in [1.807, 2.05) is 0 Å². The normalized spacial score (nSPS) is 19.8. The molecule has 8 nitrogen and oxygen atoms in total. The number of methoxy groups -OCH3 is 1. The molecular formula is C30H25Cl3FN3O5. The fourth-order valence-corrected chi connectivity index (χ4v) is 6.52. The lowest BCUT2D eigenvalue weighted by molar-refractivity contribution is -0.0554. The number of rotatable bonds is 9. The first-order valence-electron chi connectivity index (χ1n) is 13.2. The summed E-state index contributed by atoms with van der Waals surface area (Å²) in [7, 11) is 1.47. The number of carbonyl (C=O) groups is 1. The molecule has 2 aromatic heterocycles. The van der Waals surface area contributed by atoms with E-state index >= 15 is 0 Å². The number of halogens is 4. The maximum Gasteiger partial charge on any atom is 0.337 e. The second-order valence-electron chi connectivity index (χ2n) is 10.6. The molecule has 0 radical (unpaired) electrons. The predicted molar refractivity (Wildman–Crippen MR) is 155 cm³/mol. The third kappa shape index (κ3) is 5.30. The summed E-state index contributed by atoms with van der Waals surface area (Å²) in [5.41, 5.74) is 2.15. The van der Waals surface area contributed by atoms with Crippen molar-refractivity contribution in [3.05, 3.63) is 97.6 Å². The van der Waals surface area contributed by atoms with Gasteiger partial charge in [-0.1, -0.05) is 40.9 Å². The molecule has 0 amide bonds. The topological polar surface area (TPSA) is 107 Å². The number of pyridine rings is 1. The number of ether oxygens (including phenoxy) is 2. The highest BCUT2D eigenvalue weighted by atomic mass is 35.5. The van der Waals surface area contributed by atoms with Crippen molar-refractivity contribution in [3.8, 4) is 17.3 Å². The monoisotopic (exact) mass is 631 g/mol. The van der Waals surface area contributed by atoms with E-state index in [4.69, 9.17) is 44.3 Å². The van der Waals surface area contributed by atoms with Crippen molar-refractivity contribution in [2.24, 2.45) is 0 Å². The van der Waals surface area contributed by atoms with Crippen LogP contribution in [0.4, 0.5) is 4.39 Å². The zero-order valence-electron chi connectivity index (χ0n) is 22.3. The number of aromatic carboxylic acids is 1. The quantitative estimate of drug-likeness (QED) is 0.199. The number of benzene rings is 2. The summed E-state index contributed by atoms with van der Waals surface area (Å²) in [6.07, 6.45) is 5.71. The van der Waals surface area contributed by atoms with Gasteiger partial charge in [-0.3, -0.25) is 0 Å².